The van der Waals surface area contributed by atoms with Gasteiger partial charge in [0.05, 0.1) is 6.07 Å². The van der Waals surface area contributed by atoms with Gasteiger partial charge >= 0.3 is 0 Å². The topological polar surface area (TPSA) is 61.5 Å². The van der Waals surface area contributed by atoms with Crippen molar-refractivity contribution < 1.29 is 9.53 Å². The van der Waals surface area contributed by atoms with Crippen molar-refractivity contribution in [3.63, 3.8) is 0 Å². The first-order chi connectivity index (χ1) is 15.2. The molecule has 0 radical (unpaired) electrons. The third kappa shape index (κ3) is 4.29. The molecular formula is C25H32N4O2. The number of ether oxygens (including phenoxy) is 1. The highest BCUT2D eigenvalue weighted by Crippen LogP contribution is 2.32. The molecule has 31 heavy (non-hydrogen) atoms. The number of nitriles is 1. The minimum absolute atomic E-state index is 0.0144. The van der Waals surface area contributed by atoms with Gasteiger partial charge in [0.2, 0.25) is 5.91 Å². The van der Waals surface area contributed by atoms with Gasteiger partial charge in [-0.3, -0.25) is 4.79 Å². The van der Waals surface area contributed by atoms with Crippen LogP contribution in [-0.4, -0.2) is 58.6 Å². The number of likely N-dealkylation sites (tertiary alicyclic amines) is 2. The highest BCUT2D eigenvalue weighted by Gasteiger charge is 2.29. The van der Waals surface area contributed by atoms with E-state index in [4.69, 9.17) is 10.00 Å². The molecule has 0 atom stereocenters. The second-order valence-electron chi connectivity index (χ2n) is 9.33. The minimum atomic E-state index is -0.0429. The lowest BCUT2D eigenvalue weighted by molar-refractivity contribution is -0.131. The molecule has 1 aromatic heterocycles. The van der Waals surface area contributed by atoms with Crippen LogP contribution < -0.4 is 4.74 Å². The maximum atomic E-state index is 12.0. The number of carbonyl (C=O) groups excluding carboxylic acids is 1. The van der Waals surface area contributed by atoms with Gasteiger partial charge in [-0.15, -0.1) is 0 Å². The van der Waals surface area contributed by atoms with Crippen LogP contribution in [0.1, 0.15) is 57.4 Å². The molecule has 0 spiro atoms. The Bertz CT molecular complexity index is 958. The molecule has 3 aliphatic rings. The van der Waals surface area contributed by atoms with E-state index < -0.39 is 0 Å². The van der Waals surface area contributed by atoms with E-state index in [2.05, 4.69) is 39.9 Å². The lowest BCUT2D eigenvalue weighted by Gasteiger charge is -2.41. The number of rotatable bonds is 5. The summed E-state index contributed by atoms with van der Waals surface area (Å²) in [5.74, 6) is 0.933. The molecule has 164 valence electrons. The van der Waals surface area contributed by atoms with E-state index in [-0.39, 0.29) is 12.3 Å². The molecule has 3 heterocycles. The number of amides is 1. The first-order valence-corrected chi connectivity index (χ1v) is 11.9. The predicted molar refractivity (Wildman–Crippen MR) is 120 cm³/mol. The van der Waals surface area contributed by atoms with Gasteiger partial charge in [0.25, 0.3) is 0 Å². The van der Waals surface area contributed by atoms with E-state index in [9.17, 15) is 4.79 Å². The zero-order valence-corrected chi connectivity index (χ0v) is 18.2. The van der Waals surface area contributed by atoms with Gasteiger partial charge < -0.3 is 19.1 Å². The predicted octanol–water partition coefficient (Wildman–Crippen LogP) is 4.11. The fourth-order valence-electron chi connectivity index (χ4n) is 5.41. The molecule has 3 fully saturated rings. The zero-order chi connectivity index (χ0) is 21.2. The summed E-state index contributed by atoms with van der Waals surface area (Å²) in [6, 6.07) is 11.8. The summed E-state index contributed by atoms with van der Waals surface area (Å²) >= 11 is 0. The molecule has 2 aromatic rings. The van der Waals surface area contributed by atoms with Crippen molar-refractivity contribution in [3.8, 4) is 11.8 Å². The molecule has 1 amide bonds. The minimum Gasteiger partial charge on any atom is -0.490 e. The van der Waals surface area contributed by atoms with Crippen molar-refractivity contribution in [1.29, 1.82) is 5.26 Å². The van der Waals surface area contributed by atoms with Crippen molar-refractivity contribution in [1.82, 2.24) is 14.4 Å². The number of nitrogens with zero attached hydrogens (tertiary/aromatic N) is 4. The zero-order valence-electron chi connectivity index (χ0n) is 18.2. The van der Waals surface area contributed by atoms with E-state index in [1.807, 2.05) is 11.0 Å². The molecule has 6 heteroatoms. The van der Waals surface area contributed by atoms with E-state index >= 15 is 0 Å². The van der Waals surface area contributed by atoms with Gasteiger partial charge in [-0.05, 0) is 62.8 Å². The summed E-state index contributed by atoms with van der Waals surface area (Å²) in [7, 11) is 0. The van der Waals surface area contributed by atoms with Gasteiger partial charge in [0.15, 0.2) is 0 Å². The summed E-state index contributed by atoms with van der Waals surface area (Å²) in [6.45, 7) is 3.80. The fourth-order valence-corrected chi connectivity index (χ4v) is 5.41. The lowest BCUT2D eigenvalue weighted by Crippen LogP contribution is -2.46. The second kappa shape index (κ2) is 8.92. The second-order valence-corrected chi connectivity index (χ2v) is 9.33. The Hall–Kier alpha value is -2.52. The van der Waals surface area contributed by atoms with Gasteiger partial charge in [0.1, 0.15) is 18.3 Å². The molecule has 2 saturated heterocycles. The van der Waals surface area contributed by atoms with Crippen molar-refractivity contribution in [2.45, 2.75) is 69.6 Å². The van der Waals surface area contributed by atoms with Crippen molar-refractivity contribution in [3.05, 3.63) is 30.5 Å². The van der Waals surface area contributed by atoms with Crippen molar-refractivity contribution >= 4 is 16.8 Å². The number of fused-ring (bicyclic) bond motifs is 1. The Morgan fingerprint density at radius 2 is 1.77 bits per heavy atom. The Morgan fingerprint density at radius 3 is 2.45 bits per heavy atom. The molecule has 0 unspecified atom stereocenters. The molecule has 1 aliphatic carbocycles. The van der Waals surface area contributed by atoms with E-state index in [1.165, 1.54) is 43.3 Å². The molecule has 0 bridgehead atoms. The number of carbonyl (C=O) groups is 1. The third-order valence-corrected chi connectivity index (χ3v) is 7.50. The average Bonchev–Trinajstić information content (AvgIpc) is 3.17. The number of benzene rings is 1. The summed E-state index contributed by atoms with van der Waals surface area (Å²) in [6.07, 6.45) is 10.8. The number of piperidine rings is 2. The molecule has 0 N–H and O–H groups in total. The van der Waals surface area contributed by atoms with Crippen LogP contribution in [0.4, 0.5) is 0 Å². The monoisotopic (exact) mass is 420 g/mol. The normalized spacial score (nSPS) is 21.7. The Labute approximate surface area is 184 Å². The Kier molecular flexibility index (Phi) is 5.87. The van der Waals surface area contributed by atoms with Crippen LogP contribution in [0.3, 0.4) is 0 Å². The summed E-state index contributed by atoms with van der Waals surface area (Å²) < 4.78 is 8.70. The Balaban J connectivity index is 1.19. The van der Waals surface area contributed by atoms with Crippen LogP contribution >= 0.6 is 0 Å². The third-order valence-electron chi connectivity index (χ3n) is 7.50. The van der Waals surface area contributed by atoms with Crippen LogP contribution in [0.25, 0.3) is 10.9 Å². The molecule has 1 saturated carbocycles. The molecule has 2 aliphatic heterocycles. The standard InChI is InChI=1S/C25H32N4O2/c26-12-6-25(30)28-13-8-21(9-14-28)29-17-7-19-18-23(4-5-24(19)29)31-22-10-15-27(16-11-22)20-2-1-3-20/h4-5,7,17-18,20-22H,1-3,6,8-11,13-16H2. The lowest BCUT2D eigenvalue weighted by atomic mass is 9.90. The summed E-state index contributed by atoms with van der Waals surface area (Å²) in [5, 5.41) is 9.96. The van der Waals surface area contributed by atoms with Gasteiger partial charge in [0, 0.05) is 55.4 Å². The van der Waals surface area contributed by atoms with E-state index in [0.29, 0.717) is 12.1 Å². The molecule has 6 nitrogen and oxygen atoms in total. The van der Waals surface area contributed by atoms with Crippen molar-refractivity contribution in [2.24, 2.45) is 0 Å². The van der Waals surface area contributed by atoms with Crippen LogP contribution in [-0.2, 0) is 4.79 Å². The van der Waals surface area contributed by atoms with E-state index in [1.54, 1.807) is 0 Å². The van der Waals surface area contributed by atoms with Crippen LogP contribution in [0.15, 0.2) is 30.5 Å². The van der Waals surface area contributed by atoms with Gasteiger partial charge in [-0.2, -0.15) is 5.26 Å². The summed E-state index contributed by atoms with van der Waals surface area (Å²) in [4.78, 5) is 16.4. The molecule has 1 aromatic carbocycles. The van der Waals surface area contributed by atoms with Crippen LogP contribution in [0, 0.1) is 11.3 Å². The molecular weight excluding hydrogens is 388 g/mol. The maximum absolute atomic E-state index is 12.0. The number of aromatic nitrogens is 1. The Morgan fingerprint density at radius 1 is 1.00 bits per heavy atom. The van der Waals surface area contributed by atoms with Gasteiger partial charge in [-0.25, -0.2) is 0 Å². The fraction of sp³-hybridized carbons (Fsp3) is 0.600. The number of hydrogen-bond donors (Lipinski definition) is 0. The largest absolute Gasteiger partial charge is 0.490 e. The first kappa shape index (κ1) is 20.4. The van der Waals surface area contributed by atoms with Crippen LogP contribution in [0.5, 0.6) is 5.75 Å². The van der Waals surface area contributed by atoms with Gasteiger partial charge in [-0.1, -0.05) is 6.42 Å². The first-order valence-electron chi connectivity index (χ1n) is 11.9. The SMILES string of the molecule is N#CCC(=O)N1CCC(n2ccc3cc(OC4CCN(C5CCC5)CC4)ccc32)CC1. The quantitative estimate of drug-likeness (QED) is 0.730. The van der Waals surface area contributed by atoms with Crippen molar-refractivity contribution in [2.75, 3.05) is 26.2 Å². The number of hydrogen-bond acceptors (Lipinski definition) is 4. The highest BCUT2D eigenvalue weighted by molar-refractivity contribution is 5.82. The summed E-state index contributed by atoms with van der Waals surface area (Å²) in [5.41, 5.74) is 1.23. The van der Waals surface area contributed by atoms with E-state index in [0.717, 1.165) is 50.6 Å². The smallest absolute Gasteiger partial charge is 0.236 e. The highest BCUT2D eigenvalue weighted by atomic mass is 16.5. The molecule has 5 rings (SSSR count). The maximum Gasteiger partial charge on any atom is 0.236 e. The average molecular weight is 421 g/mol. The van der Waals surface area contributed by atoms with Crippen LogP contribution in [0.2, 0.25) is 0 Å².